The monoisotopic (exact) mass is 325 g/mol. The van der Waals surface area contributed by atoms with E-state index in [-0.39, 0.29) is 18.0 Å². The number of aryl methyl sites for hydroxylation is 2. The van der Waals surface area contributed by atoms with Gasteiger partial charge in [-0.25, -0.2) is 4.98 Å². The second-order valence-electron chi connectivity index (χ2n) is 6.82. The molecule has 1 aliphatic heterocycles. The van der Waals surface area contributed by atoms with Crippen molar-refractivity contribution in [2.75, 3.05) is 6.54 Å². The normalized spacial score (nSPS) is 19.2. The van der Waals surface area contributed by atoms with Crippen molar-refractivity contribution in [2.24, 2.45) is 0 Å². The first kappa shape index (κ1) is 16.7. The van der Waals surface area contributed by atoms with Gasteiger partial charge >= 0.3 is 0 Å². The Kier molecular flexibility index (Phi) is 5.34. The third kappa shape index (κ3) is 3.69. The number of nitrogens with zero attached hydrogens (tertiary/aromatic N) is 3. The van der Waals surface area contributed by atoms with Gasteiger partial charge in [-0.3, -0.25) is 4.79 Å². The van der Waals surface area contributed by atoms with Crippen LogP contribution in [0.1, 0.15) is 49.9 Å². The van der Waals surface area contributed by atoms with E-state index in [2.05, 4.69) is 40.4 Å². The number of rotatable bonds is 5. The van der Waals surface area contributed by atoms with Crippen molar-refractivity contribution in [3.8, 4) is 0 Å². The molecule has 0 aliphatic carbocycles. The van der Waals surface area contributed by atoms with Crippen LogP contribution < -0.4 is 0 Å². The molecule has 2 aromatic rings. The maximum atomic E-state index is 12.8. The molecule has 4 nitrogen and oxygen atoms in total. The van der Waals surface area contributed by atoms with Gasteiger partial charge in [0, 0.05) is 24.9 Å². The van der Waals surface area contributed by atoms with E-state index >= 15 is 0 Å². The minimum absolute atomic E-state index is 0.272. The molecule has 0 spiro atoms. The van der Waals surface area contributed by atoms with Crippen molar-refractivity contribution >= 4 is 5.91 Å². The lowest BCUT2D eigenvalue weighted by Crippen LogP contribution is -2.47. The van der Waals surface area contributed by atoms with E-state index in [1.165, 1.54) is 12.0 Å². The van der Waals surface area contributed by atoms with Crippen LogP contribution in [0.15, 0.2) is 42.9 Å². The van der Waals surface area contributed by atoms with Gasteiger partial charge in [-0.05, 0) is 45.1 Å². The van der Waals surface area contributed by atoms with Gasteiger partial charge in [0.2, 0.25) is 5.91 Å². The largest absolute Gasteiger partial charge is 0.338 e. The second-order valence-corrected chi connectivity index (χ2v) is 6.82. The van der Waals surface area contributed by atoms with Crippen LogP contribution in [-0.4, -0.2) is 32.9 Å². The highest BCUT2D eigenvalue weighted by Crippen LogP contribution is 2.28. The number of piperidine rings is 1. The third-order valence-corrected chi connectivity index (χ3v) is 5.20. The molecule has 1 fully saturated rings. The quantitative estimate of drug-likeness (QED) is 0.839. The Morgan fingerprint density at radius 2 is 2.08 bits per heavy atom. The highest BCUT2D eigenvalue weighted by molar-refractivity contribution is 5.77. The number of benzene rings is 1. The molecule has 1 aromatic carbocycles. The fourth-order valence-corrected chi connectivity index (χ4v) is 3.79. The molecule has 128 valence electrons. The first-order valence-electron chi connectivity index (χ1n) is 8.98. The topological polar surface area (TPSA) is 38.1 Å². The van der Waals surface area contributed by atoms with Gasteiger partial charge in [-0.2, -0.15) is 0 Å². The van der Waals surface area contributed by atoms with Crippen LogP contribution in [0.25, 0.3) is 0 Å². The van der Waals surface area contributed by atoms with E-state index in [0.717, 1.165) is 31.5 Å². The first-order valence-corrected chi connectivity index (χ1v) is 8.98. The van der Waals surface area contributed by atoms with Crippen LogP contribution in [0, 0.1) is 6.92 Å². The Morgan fingerprint density at radius 1 is 1.29 bits per heavy atom. The lowest BCUT2D eigenvalue weighted by molar-refractivity contribution is -0.135. The van der Waals surface area contributed by atoms with Gasteiger partial charge in [0.15, 0.2) is 0 Å². The van der Waals surface area contributed by atoms with E-state index in [4.69, 9.17) is 0 Å². The highest BCUT2D eigenvalue weighted by Gasteiger charge is 2.31. The molecule has 1 saturated heterocycles. The van der Waals surface area contributed by atoms with Crippen molar-refractivity contribution in [1.82, 2.24) is 14.5 Å². The predicted molar refractivity (Wildman–Crippen MR) is 95.8 cm³/mol. The van der Waals surface area contributed by atoms with E-state index in [0.29, 0.717) is 6.42 Å². The summed E-state index contributed by atoms with van der Waals surface area (Å²) in [6.45, 7) is 5.17. The Labute approximate surface area is 144 Å². The summed E-state index contributed by atoms with van der Waals surface area (Å²) in [6.07, 6.45) is 8.59. The van der Waals surface area contributed by atoms with Crippen molar-refractivity contribution < 1.29 is 4.79 Å². The van der Waals surface area contributed by atoms with E-state index < -0.39 is 0 Å². The lowest BCUT2D eigenvalue weighted by atomic mass is 9.95. The highest BCUT2D eigenvalue weighted by atomic mass is 16.2. The molecule has 2 unspecified atom stereocenters. The van der Waals surface area contributed by atoms with Crippen LogP contribution in [0.4, 0.5) is 0 Å². The van der Waals surface area contributed by atoms with Gasteiger partial charge in [0.25, 0.3) is 0 Å². The van der Waals surface area contributed by atoms with E-state index in [1.807, 2.05) is 30.7 Å². The van der Waals surface area contributed by atoms with E-state index in [1.54, 1.807) is 0 Å². The van der Waals surface area contributed by atoms with Crippen LogP contribution in [0.2, 0.25) is 0 Å². The summed E-state index contributed by atoms with van der Waals surface area (Å²) in [7, 11) is 0. The number of carbonyl (C=O) groups is 1. The van der Waals surface area contributed by atoms with Gasteiger partial charge in [0.05, 0.1) is 18.4 Å². The molecular weight excluding hydrogens is 298 g/mol. The molecule has 2 heterocycles. The van der Waals surface area contributed by atoms with Crippen LogP contribution in [0.5, 0.6) is 0 Å². The minimum atomic E-state index is 0.272. The Bertz CT molecular complexity index is 665. The number of carbonyl (C=O) groups excluding carboxylic acids is 1. The zero-order valence-corrected chi connectivity index (χ0v) is 14.7. The molecule has 1 amide bonds. The molecule has 0 N–H and O–H groups in total. The molecule has 0 radical (unpaired) electrons. The number of hydrogen-bond acceptors (Lipinski definition) is 2. The summed E-state index contributed by atoms with van der Waals surface area (Å²) in [5, 5.41) is 0. The molecule has 3 rings (SSSR count). The Balaban J connectivity index is 1.67. The minimum Gasteiger partial charge on any atom is -0.338 e. The second kappa shape index (κ2) is 7.65. The molecule has 1 aromatic heterocycles. The van der Waals surface area contributed by atoms with Gasteiger partial charge in [-0.15, -0.1) is 0 Å². The Hall–Kier alpha value is -2.10. The Morgan fingerprint density at radius 3 is 2.79 bits per heavy atom. The van der Waals surface area contributed by atoms with Crippen LogP contribution in [0.3, 0.4) is 0 Å². The van der Waals surface area contributed by atoms with Crippen molar-refractivity contribution in [1.29, 1.82) is 0 Å². The summed E-state index contributed by atoms with van der Waals surface area (Å²) in [4.78, 5) is 19.2. The summed E-state index contributed by atoms with van der Waals surface area (Å²) < 4.78 is 2.20. The summed E-state index contributed by atoms with van der Waals surface area (Å²) in [6, 6.07) is 10.8. The van der Waals surface area contributed by atoms with Gasteiger partial charge in [0.1, 0.15) is 0 Å². The summed E-state index contributed by atoms with van der Waals surface area (Å²) in [5.74, 6) is 0.285. The van der Waals surface area contributed by atoms with Crippen molar-refractivity contribution in [3.63, 3.8) is 0 Å². The van der Waals surface area contributed by atoms with Gasteiger partial charge in [-0.1, -0.05) is 30.3 Å². The molecule has 2 atom stereocenters. The maximum absolute atomic E-state index is 12.8. The SMILES string of the molecule is Cc1cncn1C(C)C1CCCCN1C(=O)CCc1ccccc1. The number of aromatic nitrogens is 2. The van der Waals surface area contributed by atoms with E-state index in [9.17, 15) is 4.79 Å². The average Bonchev–Trinajstić information content (AvgIpc) is 3.06. The zero-order chi connectivity index (χ0) is 16.9. The number of hydrogen-bond donors (Lipinski definition) is 0. The average molecular weight is 325 g/mol. The fourth-order valence-electron chi connectivity index (χ4n) is 3.79. The molecule has 0 saturated carbocycles. The molecule has 24 heavy (non-hydrogen) atoms. The fraction of sp³-hybridized carbons (Fsp3) is 0.500. The van der Waals surface area contributed by atoms with Crippen LogP contribution >= 0.6 is 0 Å². The molecule has 0 bridgehead atoms. The van der Waals surface area contributed by atoms with Crippen molar-refractivity contribution in [3.05, 3.63) is 54.1 Å². The molecular formula is C20H27N3O. The number of likely N-dealkylation sites (tertiary alicyclic amines) is 1. The standard InChI is InChI=1S/C20H27N3O/c1-16-14-21-15-23(16)17(2)19-10-6-7-13-22(19)20(24)12-11-18-8-4-3-5-9-18/h3-5,8-9,14-15,17,19H,6-7,10-13H2,1-2H3. The lowest BCUT2D eigenvalue weighted by Gasteiger charge is -2.40. The summed E-state index contributed by atoms with van der Waals surface area (Å²) >= 11 is 0. The third-order valence-electron chi connectivity index (χ3n) is 5.20. The number of amides is 1. The van der Waals surface area contributed by atoms with Gasteiger partial charge < -0.3 is 9.47 Å². The number of imidazole rings is 1. The first-order chi connectivity index (χ1) is 11.7. The molecule has 1 aliphatic rings. The zero-order valence-electron chi connectivity index (χ0n) is 14.7. The van der Waals surface area contributed by atoms with Crippen molar-refractivity contribution in [2.45, 2.75) is 58.0 Å². The molecule has 4 heteroatoms. The maximum Gasteiger partial charge on any atom is 0.223 e. The summed E-state index contributed by atoms with van der Waals surface area (Å²) in [5.41, 5.74) is 2.39. The predicted octanol–water partition coefficient (Wildman–Crippen LogP) is 3.77. The smallest absolute Gasteiger partial charge is 0.223 e. The van der Waals surface area contributed by atoms with Crippen LogP contribution in [-0.2, 0) is 11.2 Å².